The van der Waals surface area contributed by atoms with Crippen molar-refractivity contribution in [3.63, 3.8) is 0 Å². The first-order valence-corrected chi connectivity index (χ1v) is 6.35. The highest BCUT2D eigenvalue weighted by Gasteiger charge is 2.33. The topological polar surface area (TPSA) is 38.3 Å². The summed E-state index contributed by atoms with van der Waals surface area (Å²) in [5, 5.41) is 2.99. The Labute approximate surface area is 115 Å². The fourth-order valence-corrected chi connectivity index (χ4v) is 2.35. The van der Waals surface area contributed by atoms with Crippen LogP contribution in [0.3, 0.4) is 0 Å². The Hall–Kier alpha value is -1.40. The number of benzene rings is 1. The molecule has 0 amide bonds. The first-order chi connectivity index (χ1) is 9.41. The van der Waals surface area contributed by atoms with Gasteiger partial charge in [0, 0.05) is 12.5 Å². The van der Waals surface area contributed by atoms with E-state index in [4.69, 9.17) is 4.74 Å². The molecule has 1 aliphatic heterocycles. The maximum atomic E-state index is 12.6. The number of ether oxygens (including phenoxy) is 1. The molecule has 1 fully saturated rings. The third-order valence-electron chi connectivity index (χ3n) is 3.50. The Balaban J connectivity index is 2.08. The number of nitrogens with one attached hydrogen (secondary N) is 1. The number of Topliss-reactive ketones (excluding diaryl/α,β-unsaturated/α-hetero) is 1. The molecular formula is C14H16F3NO2. The molecule has 0 aromatic heterocycles. The average molecular weight is 287 g/mol. The second-order valence-electron chi connectivity index (χ2n) is 4.88. The zero-order valence-corrected chi connectivity index (χ0v) is 11.0. The molecule has 2 atom stereocenters. The molecule has 1 aromatic carbocycles. The average Bonchev–Trinajstić information content (AvgIpc) is 2.86. The maximum absolute atomic E-state index is 12.6. The summed E-state index contributed by atoms with van der Waals surface area (Å²) in [4.78, 5) is 12.1. The van der Waals surface area contributed by atoms with Crippen LogP contribution >= 0.6 is 0 Å². The van der Waals surface area contributed by atoms with E-state index in [1.54, 1.807) is 7.05 Å². The largest absolute Gasteiger partial charge is 0.416 e. The molecule has 20 heavy (non-hydrogen) atoms. The van der Waals surface area contributed by atoms with Crippen LogP contribution < -0.4 is 5.32 Å². The SMILES string of the molecule is CNC1COCC1C(=O)Cc1cccc(C(F)(F)F)c1. The van der Waals surface area contributed by atoms with Crippen molar-refractivity contribution in [3.8, 4) is 0 Å². The van der Waals surface area contributed by atoms with Crippen LogP contribution in [-0.4, -0.2) is 32.1 Å². The van der Waals surface area contributed by atoms with Gasteiger partial charge in [-0.3, -0.25) is 4.79 Å². The lowest BCUT2D eigenvalue weighted by Gasteiger charge is -2.16. The van der Waals surface area contributed by atoms with Gasteiger partial charge in [0.1, 0.15) is 5.78 Å². The number of hydrogen-bond acceptors (Lipinski definition) is 3. The first kappa shape index (κ1) is 15.0. The van der Waals surface area contributed by atoms with Crippen molar-refractivity contribution in [1.29, 1.82) is 0 Å². The zero-order chi connectivity index (χ0) is 14.8. The van der Waals surface area contributed by atoms with Gasteiger partial charge < -0.3 is 10.1 Å². The third-order valence-corrected chi connectivity index (χ3v) is 3.50. The van der Waals surface area contributed by atoms with Gasteiger partial charge >= 0.3 is 6.18 Å². The fourth-order valence-electron chi connectivity index (χ4n) is 2.35. The predicted molar refractivity (Wildman–Crippen MR) is 67.3 cm³/mol. The highest BCUT2D eigenvalue weighted by Crippen LogP contribution is 2.30. The van der Waals surface area contributed by atoms with Crippen molar-refractivity contribution >= 4 is 5.78 Å². The van der Waals surface area contributed by atoms with Gasteiger partial charge in [0.25, 0.3) is 0 Å². The standard InChI is InChI=1S/C14H16F3NO2/c1-18-12-8-20-7-11(12)13(19)6-9-3-2-4-10(5-9)14(15,16)17/h2-5,11-12,18H,6-8H2,1H3. The highest BCUT2D eigenvalue weighted by atomic mass is 19.4. The molecule has 2 unspecified atom stereocenters. The van der Waals surface area contributed by atoms with Crippen molar-refractivity contribution in [2.45, 2.75) is 18.6 Å². The van der Waals surface area contributed by atoms with E-state index in [-0.39, 0.29) is 24.2 Å². The van der Waals surface area contributed by atoms with Crippen LogP contribution in [0.2, 0.25) is 0 Å². The van der Waals surface area contributed by atoms with Crippen molar-refractivity contribution in [1.82, 2.24) is 5.32 Å². The van der Waals surface area contributed by atoms with Crippen molar-refractivity contribution in [2.75, 3.05) is 20.3 Å². The molecule has 0 aliphatic carbocycles. The van der Waals surface area contributed by atoms with Crippen LogP contribution in [0.5, 0.6) is 0 Å². The van der Waals surface area contributed by atoms with Gasteiger partial charge in [-0.25, -0.2) is 0 Å². The molecule has 0 spiro atoms. The molecule has 1 aliphatic rings. The molecule has 0 bridgehead atoms. The fraction of sp³-hybridized carbons (Fsp3) is 0.500. The van der Waals surface area contributed by atoms with E-state index in [1.807, 2.05) is 0 Å². The number of rotatable bonds is 4. The molecule has 1 N–H and O–H groups in total. The maximum Gasteiger partial charge on any atom is 0.416 e. The van der Waals surface area contributed by atoms with E-state index < -0.39 is 11.7 Å². The summed E-state index contributed by atoms with van der Waals surface area (Å²) >= 11 is 0. The summed E-state index contributed by atoms with van der Waals surface area (Å²) in [5.74, 6) is -0.393. The zero-order valence-electron chi connectivity index (χ0n) is 11.0. The number of alkyl halides is 3. The Kier molecular flexibility index (Phi) is 4.45. The molecule has 1 heterocycles. The Morgan fingerprint density at radius 2 is 2.15 bits per heavy atom. The van der Waals surface area contributed by atoms with Gasteiger partial charge in [-0.05, 0) is 18.7 Å². The van der Waals surface area contributed by atoms with Crippen LogP contribution in [0.15, 0.2) is 24.3 Å². The minimum absolute atomic E-state index is 0.00384. The Bertz CT molecular complexity index is 488. The summed E-state index contributed by atoms with van der Waals surface area (Å²) in [5.41, 5.74) is -0.345. The van der Waals surface area contributed by atoms with Crippen molar-refractivity contribution in [2.24, 2.45) is 5.92 Å². The molecule has 3 nitrogen and oxygen atoms in total. The lowest BCUT2D eigenvalue weighted by molar-refractivity contribution is -0.137. The smallest absolute Gasteiger partial charge is 0.379 e. The second kappa shape index (κ2) is 5.93. The van der Waals surface area contributed by atoms with Gasteiger partial charge in [0.15, 0.2) is 0 Å². The minimum atomic E-state index is -4.39. The summed E-state index contributed by atoms with van der Waals surface area (Å²) in [6.45, 7) is 0.777. The van der Waals surface area contributed by atoms with E-state index in [2.05, 4.69) is 5.32 Å². The minimum Gasteiger partial charge on any atom is -0.379 e. The lowest BCUT2D eigenvalue weighted by Crippen LogP contribution is -2.37. The van der Waals surface area contributed by atoms with Crippen LogP contribution in [0.4, 0.5) is 13.2 Å². The van der Waals surface area contributed by atoms with Crippen LogP contribution in [0.1, 0.15) is 11.1 Å². The monoisotopic (exact) mass is 287 g/mol. The van der Waals surface area contributed by atoms with Crippen molar-refractivity contribution in [3.05, 3.63) is 35.4 Å². The summed E-state index contributed by atoms with van der Waals surface area (Å²) in [6.07, 6.45) is -4.39. The number of hydrogen-bond donors (Lipinski definition) is 1. The normalized spacial score (nSPS) is 23.0. The van der Waals surface area contributed by atoms with Gasteiger partial charge in [-0.15, -0.1) is 0 Å². The number of carbonyl (C=O) groups excluding carboxylic acids is 1. The van der Waals surface area contributed by atoms with Gasteiger partial charge in [0.2, 0.25) is 0 Å². The molecule has 1 aromatic rings. The second-order valence-corrected chi connectivity index (χ2v) is 4.88. The molecule has 6 heteroatoms. The lowest BCUT2D eigenvalue weighted by atomic mass is 9.93. The summed E-state index contributed by atoms with van der Waals surface area (Å²) in [6, 6.07) is 4.84. The van der Waals surface area contributed by atoms with Crippen LogP contribution in [0, 0.1) is 5.92 Å². The van der Waals surface area contributed by atoms with Crippen LogP contribution in [-0.2, 0) is 22.1 Å². The molecule has 1 saturated heterocycles. The van der Waals surface area contributed by atoms with Crippen LogP contribution in [0.25, 0.3) is 0 Å². The number of likely N-dealkylation sites (N-methyl/N-ethyl adjacent to an activating group) is 1. The van der Waals surface area contributed by atoms with E-state index in [1.165, 1.54) is 12.1 Å². The van der Waals surface area contributed by atoms with E-state index >= 15 is 0 Å². The van der Waals surface area contributed by atoms with E-state index in [0.29, 0.717) is 18.8 Å². The van der Waals surface area contributed by atoms with Gasteiger partial charge in [0.05, 0.1) is 24.7 Å². The van der Waals surface area contributed by atoms with E-state index in [0.717, 1.165) is 12.1 Å². The molecule has 110 valence electrons. The highest BCUT2D eigenvalue weighted by molar-refractivity contribution is 5.84. The molecule has 0 radical (unpaired) electrons. The van der Waals surface area contributed by atoms with Gasteiger partial charge in [-0.1, -0.05) is 18.2 Å². The quantitative estimate of drug-likeness (QED) is 0.921. The summed E-state index contributed by atoms with van der Waals surface area (Å²) < 4.78 is 43.1. The molecule has 0 saturated carbocycles. The summed E-state index contributed by atoms with van der Waals surface area (Å²) in [7, 11) is 1.74. The third kappa shape index (κ3) is 3.37. The Morgan fingerprint density at radius 1 is 1.40 bits per heavy atom. The Morgan fingerprint density at radius 3 is 2.80 bits per heavy atom. The number of halogens is 3. The number of ketones is 1. The molecular weight excluding hydrogens is 271 g/mol. The van der Waals surface area contributed by atoms with E-state index in [9.17, 15) is 18.0 Å². The predicted octanol–water partition coefficient (Wildman–Crippen LogP) is 2.05. The number of carbonyl (C=O) groups is 1. The van der Waals surface area contributed by atoms with Crippen molar-refractivity contribution < 1.29 is 22.7 Å². The van der Waals surface area contributed by atoms with Gasteiger partial charge in [-0.2, -0.15) is 13.2 Å². The first-order valence-electron chi connectivity index (χ1n) is 6.35. The molecule has 2 rings (SSSR count).